The van der Waals surface area contributed by atoms with Crippen LogP contribution in [0.1, 0.15) is 104 Å². The van der Waals surface area contributed by atoms with Gasteiger partial charge in [-0.2, -0.15) is 0 Å². The molecule has 2 aromatic rings. The Hall–Kier alpha value is -1.70. The molecule has 1 fully saturated rings. The molecule has 1 unspecified atom stereocenters. The molecule has 3 aliphatic rings. The molecule has 0 amide bonds. The van der Waals surface area contributed by atoms with Gasteiger partial charge in [0.2, 0.25) is 0 Å². The van der Waals surface area contributed by atoms with Crippen LogP contribution in [-0.2, 0) is 43.8 Å². The van der Waals surface area contributed by atoms with Gasteiger partial charge in [0, 0.05) is 63.9 Å². The Morgan fingerprint density at radius 1 is 0.811 bits per heavy atom. The van der Waals surface area contributed by atoms with Crippen LogP contribution in [0.15, 0.2) is 12.4 Å². The lowest BCUT2D eigenvalue weighted by Gasteiger charge is -2.36. The fourth-order valence-electron chi connectivity index (χ4n) is 5.34. The minimum atomic E-state index is 0.695. The lowest BCUT2D eigenvalue weighted by Crippen LogP contribution is -2.43. The maximum Gasteiger partial charge on any atom is 0.123 e. The van der Waals surface area contributed by atoms with Gasteiger partial charge in [-0.25, -0.2) is 9.97 Å². The van der Waals surface area contributed by atoms with Crippen LogP contribution in [0.2, 0.25) is 0 Å². The molecule has 0 N–H and O–H groups in total. The van der Waals surface area contributed by atoms with E-state index in [1.807, 2.05) is 27.7 Å². The van der Waals surface area contributed by atoms with E-state index in [9.17, 15) is 0 Å². The fourth-order valence-corrected chi connectivity index (χ4v) is 5.34. The molecule has 0 aliphatic carbocycles. The third kappa shape index (κ3) is 8.93. The quantitative estimate of drug-likeness (QED) is 0.475. The maximum absolute atomic E-state index is 5.43. The highest BCUT2D eigenvalue weighted by molar-refractivity contribution is 5.07. The Kier molecular flexibility index (Phi) is 14.5. The number of rotatable bonds is 6. The molecule has 5 heterocycles. The van der Waals surface area contributed by atoms with Crippen LogP contribution in [0.25, 0.3) is 0 Å². The summed E-state index contributed by atoms with van der Waals surface area (Å²) in [7, 11) is 0. The van der Waals surface area contributed by atoms with Gasteiger partial charge in [-0.05, 0) is 39.0 Å². The predicted molar refractivity (Wildman–Crippen MR) is 155 cm³/mol. The van der Waals surface area contributed by atoms with Crippen LogP contribution >= 0.6 is 0 Å². The molecule has 37 heavy (non-hydrogen) atoms. The predicted octanol–water partition coefficient (Wildman–Crippen LogP) is 5.94. The van der Waals surface area contributed by atoms with Crippen molar-refractivity contribution in [2.24, 2.45) is 0 Å². The molecule has 0 radical (unpaired) electrons. The van der Waals surface area contributed by atoms with Gasteiger partial charge in [0.05, 0.1) is 24.5 Å². The number of aryl methyl sites for hydroxylation is 2. The van der Waals surface area contributed by atoms with Crippen LogP contribution in [0.3, 0.4) is 0 Å². The number of hydrogen-bond acceptors (Lipinski definition) is 5. The first kappa shape index (κ1) is 31.5. The zero-order valence-corrected chi connectivity index (χ0v) is 25.3. The minimum absolute atomic E-state index is 0.695. The molecule has 1 atom stereocenters. The Morgan fingerprint density at radius 2 is 1.35 bits per heavy atom. The molecule has 7 nitrogen and oxygen atoms in total. The zero-order chi connectivity index (χ0) is 27.2. The molecule has 5 rings (SSSR count). The van der Waals surface area contributed by atoms with Gasteiger partial charge < -0.3 is 13.9 Å². The van der Waals surface area contributed by atoms with Crippen molar-refractivity contribution in [3.63, 3.8) is 0 Å². The fraction of sp³-hybridized carbons (Fsp3) is 0.800. The van der Waals surface area contributed by atoms with Crippen molar-refractivity contribution in [3.05, 3.63) is 35.4 Å². The molecule has 0 spiro atoms. The molecule has 3 aliphatic heterocycles. The van der Waals surface area contributed by atoms with Crippen molar-refractivity contribution < 1.29 is 4.74 Å². The summed E-state index contributed by atoms with van der Waals surface area (Å²) in [4.78, 5) is 14.5. The Balaban J connectivity index is 0.000000230. The smallest absolute Gasteiger partial charge is 0.123 e. The lowest BCUT2D eigenvalue weighted by molar-refractivity contribution is 0.0235. The average molecular weight is 517 g/mol. The van der Waals surface area contributed by atoms with Gasteiger partial charge in [-0.15, -0.1) is 0 Å². The molecule has 0 bridgehead atoms. The Morgan fingerprint density at radius 3 is 1.89 bits per heavy atom. The second kappa shape index (κ2) is 17.0. The number of hydrogen-bond donors (Lipinski definition) is 0. The van der Waals surface area contributed by atoms with Crippen LogP contribution < -0.4 is 0 Å². The van der Waals surface area contributed by atoms with E-state index in [4.69, 9.17) is 9.72 Å². The second-order valence-corrected chi connectivity index (χ2v) is 9.81. The summed E-state index contributed by atoms with van der Waals surface area (Å²) in [5.74, 6) is 2.51. The van der Waals surface area contributed by atoms with Gasteiger partial charge in [0.15, 0.2) is 0 Å². The monoisotopic (exact) mass is 516 g/mol. The van der Waals surface area contributed by atoms with Crippen LogP contribution in [-0.4, -0.2) is 67.3 Å². The van der Waals surface area contributed by atoms with Gasteiger partial charge in [-0.3, -0.25) is 9.80 Å². The Labute approximate surface area is 227 Å². The summed E-state index contributed by atoms with van der Waals surface area (Å²) >= 11 is 0. The highest BCUT2D eigenvalue weighted by Gasteiger charge is 2.26. The maximum atomic E-state index is 5.43. The van der Waals surface area contributed by atoms with Crippen molar-refractivity contribution in [2.45, 2.75) is 132 Å². The second-order valence-electron chi connectivity index (χ2n) is 9.81. The van der Waals surface area contributed by atoms with E-state index >= 15 is 0 Å². The first-order valence-corrected chi connectivity index (χ1v) is 15.3. The van der Waals surface area contributed by atoms with Crippen molar-refractivity contribution >= 4 is 0 Å². The molecule has 1 saturated heterocycles. The SMILES string of the molecule is CC.CC.CCCC(C)N1CCn2cc(CC)nc2C1.CCc1cn2c(n1)CN(C1CCOCC1)CC2. The van der Waals surface area contributed by atoms with Gasteiger partial charge >= 0.3 is 0 Å². The highest BCUT2D eigenvalue weighted by Crippen LogP contribution is 2.21. The number of fused-ring (bicyclic) bond motifs is 2. The third-order valence-corrected chi connectivity index (χ3v) is 7.52. The first-order valence-electron chi connectivity index (χ1n) is 15.3. The summed E-state index contributed by atoms with van der Waals surface area (Å²) in [5, 5.41) is 0. The van der Waals surface area contributed by atoms with Gasteiger partial charge in [-0.1, -0.05) is 54.9 Å². The van der Waals surface area contributed by atoms with E-state index in [1.165, 1.54) is 55.3 Å². The normalized spacial score (nSPS) is 18.7. The number of imidazole rings is 2. The first-order chi connectivity index (χ1) is 18.1. The molecule has 212 valence electrons. The van der Waals surface area contributed by atoms with Crippen molar-refractivity contribution in [2.75, 3.05) is 26.3 Å². The summed E-state index contributed by atoms with van der Waals surface area (Å²) in [6.07, 6.45) is 11.5. The van der Waals surface area contributed by atoms with Crippen molar-refractivity contribution in [1.29, 1.82) is 0 Å². The summed E-state index contributed by atoms with van der Waals surface area (Å²) in [6, 6.07) is 1.40. The van der Waals surface area contributed by atoms with Crippen LogP contribution in [0, 0.1) is 0 Å². The van der Waals surface area contributed by atoms with E-state index in [0.717, 1.165) is 58.8 Å². The van der Waals surface area contributed by atoms with Crippen LogP contribution in [0.4, 0.5) is 0 Å². The zero-order valence-electron chi connectivity index (χ0n) is 25.3. The standard InChI is InChI=1S/C13H21N3O.C13H23N3.2C2H6/c1-2-11-9-16-6-5-15(10-13(16)14-11)12-3-7-17-8-4-12;1-4-6-11(3)15-7-8-16-9-12(5-2)14-13(16)10-15;2*1-2/h9,12H,2-8,10H2,1H3;9,11H,4-8,10H2,1-3H3;2*1-2H3. The largest absolute Gasteiger partial charge is 0.381 e. The van der Waals surface area contributed by atoms with E-state index < -0.39 is 0 Å². The molecular formula is C30H56N6O. The van der Waals surface area contributed by atoms with Crippen LogP contribution in [0.5, 0.6) is 0 Å². The molecule has 0 aromatic carbocycles. The highest BCUT2D eigenvalue weighted by atomic mass is 16.5. The summed E-state index contributed by atoms with van der Waals surface area (Å²) in [6.45, 7) is 25.4. The number of ether oxygens (including phenoxy) is 1. The molecule has 7 heteroatoms. The summed E-state index contributed by atoms with van der Waals surface area (Å²) in [5.41, 5.74) is 2.47. The molecular weight excluding hydrogens is 460 g/mol. The average Bonchev–Trinajstić information content (AvgIpc) is 3.59. The molecule has 0 saturated carbocycles. The minimum Gasteiger partial charge on any atom is -0.381 e. The van der Waals surface area contributed by atoms with E-state index in [2.05, 4.69) is 64.0 Å². The number of nitrogens with zero attached hydrogens (tertiary/aromatic N) is 6. The summed E-state index contributed by atoms with van der Waals surface area (Å²) < 4.78 is 10.1. The van der Waals surface area contributed by atoms with E-state index in [-0.39, 0.29) is 0 Å². The topological polar surface area (TPSA) is 51.4 Å². The van der Waals surface area contributed by atoms with E-state index in [0.29, 0.717) is 12.1 Å². The van der Waals surface area contributed by atoms with Gasteiger partial charge in [0.25, 0.3) is 0 Å². The third-order valence-electron chi connectivity index (χ3n) is 7.52. The van der Waals surface area contributed by atoms with Crippen molar-refractivity contribution in [1.82, 2.24) is 28.9 Å². The van der Waals surface area contributed by atoms with Gasteiger partial charge in [0.1, 0.15) is 11.6 Å². The molecule has 2 aromatic heterocycles. The van der Waals surface area contributed by atoms with Crippen molar-refractivity contribution in [3.8, 4) is 0 Å². The lowest BCUT2D eigenvalue weighted by atomic mass is 10.1. The Bertz CT molecular complexity index is 870. The number of aromatic nitrogens is 4. The van der Waals surface area contributed by atoms with E-state index in [1.54, 1.807) is 0 Å².